The molecule has 31 heavy (non-hydrogen) atoms. The molecule has 3 rings (SSSR count). The summed E-state index contributed by atoms with van der Waals surface area (Å²) in [7, 11) is -1.00. The number of anilines is 1. The number of aromatic nitrogens is 1. The van der Waals surface area contributed by atoms with E-state index in [1.165, 1.54) is 25.2 Å². The van der Waals surface area contributed by atoms with E-state index in [1.54, 1.807) is 36.6 Å². The van der Waals surface area contributed by atoms with Gasteiger partial charge in [0.2, 0.25) is 14.2 Å². The number of benzene rings is 1. The number of nitrogens with zero attached hydrogens (tertiary/aromatic N) is 2. The van der Waals surface area contributed by atoms with Crippen LogP contribution in [0.4, 0.5) is 5.69 Å². The molecule has 8 nitrogen and oxygen atoms in total. The third-order valence-corrected chi connectivity index (χ3v) is 7.83. The Balaban J connectivity index is 2.10. The molecule has 10 heteroatoms. The minimum atomic E-state index is -3.45. The number of hydrogen-bond acceptors (Lipinski definition) is 9. The number of allylic oxidation sites excluding steroid dienone is 2. The Morgan fingerprint density at radius 1 is 1.13 bits per heavy atom. The summed E-state index contributed by atoms with van der Waals surface area (Å²) in [4.78, 5) is 30.6. The van der Waals surface area contributed by atoms with E-state index in [4.69, 9.17) is 9.47 Å². The highest BCUT2D eigenvalue weighted by atomic mass is 32.2. The van der Waals surface area contributed by atoms with Crippen LogP contribution in [0.1, 0.15) is 19.8 Å². The molecule has 1 aromatic heterocycles. The zero-order valence-electron chi connectivity index (χ0n) is 17.3. The number of carbonyl (C=O) groups excluding carboxylic acids is 2. The van der Waals surface area contributed by atoms with Gasteiger partial charge in [0, 0.05) is 11.9 Å². The van der Waals surface area contributed by atoms with Crippen molar-refractivity contribution in [2.24, 2.45) is 0 Å². The van der Waals surface area contributed by atoms with Crippen LogP contribution in [0.15, 0.2) is 58.2 Å². The van der Waals surface area contributed by atoms with E-state index in [2.05, 4.69) is 4.98 Å². The Kier molecular flexibility index (Phi) is 6.91. The van der Waals surface area contributed by atoms with Crippen LogP contribution in [0.5, 0.6) is 0 Å². The van der Waals surface area contributed by atoms with Gasteiger partial charge in [0.25, 0.3) is 0 Å². The molecule has 0 fully saturated rings. The molecule has 164 valence electrons. The van der Waals surface area contributed by atoms with Crippen molar-refractivity contribution in [3.05, 3.63) is 53.9 Å². The first kappa shape index (κ1) is 22.7. The van der Waals surface area contributed by atoms with Crippen molar-refractivity contribution >= 4 is 49.0 Å². The molecular formula is C21H22N2O6S2. The molecule has 0 saturated carbocycles. The van der Waals surface area contributed by atoms with E-state index in [9.17, 15) is 18.0 Å². The second kappa shape index (κ2) is 9.44. The number of sulfone groups is 1. The van der Waals surface area contributed by atoms with Gasteiger partial charge >= 0.3 is 11.9 Å². The van der Waals surface area contributed by atoms with Crippen LogP contribution in [0.2, 0.25) is 0 Å². The largest absolute Gasteiger partial charge is 0.465 e. The third kappa shape index (κ3) is 4.70. The number of ether oxygens (including phenoxy) is 2. The quantitative estimate of drug-likeness (QED) is 0.577. The number of fused-ring (bicyclic) bond motifs is 1. The highest BCUT2D eigenvalue weighted by Crippen LogP contribution is 2.33. The molecule has 2 heterocycles. The Bertz CT molecular complexity index is 1210. The van der Waals surface area contributed by atoms with Gasteiger partial charge in [-0.25, -0.2) is 23.0 Å². The van der Waals surface area contributed by atoms with Gasteiger partial charge in [-0.2, -0.15) is 0 Å². The lowest BCUT2D eigenvalue weighted by Gasteiger charge is -2.23. The lowest BCUT2D eigenvalue weighted by atomic mass is 10.1. The van der Waals surface area contributed by atoms with Crippen molar-refractivity contribution in [3.8, 4) is 0 Å². The number of hydrogen-bond donors (Lipinski definition) is 0. The van der Waals surface area contributed by atoms with Crippen LogP contribution in [0.3, 0.4) is 0 Å². The molecule has 0 amide bonds. The van der Waals surface area contributed by atoms with Crippen LogP contribution < -0.4 is 4.90 Å². The van der Waals surface area contributed by atoms with Gasteiger partial charge in [-0.1, -0.05) is 19.4 Å². The topological polar surface area (TPSA) is 103 Å². The van der Waals surface area contributed by atoms with E-state index in [0.717, 1.165) is 17.8 Å². The molecule has 2 aromatic rings. The SMILES string of the molecule is CCCCS(=O)(=O)c1nc2ccc(N3C=CC=CC(C(=O)OC)=C3C(=O)OC)cc2s1. The summed E-state index contributed by atoms with van der Waals surface area (Å²) >= 11 is 1.08. The minimum Gasteiger partial charge on any atom is -0.465 e. The first-order valence-corrected chi connectivity index (χ1v) is 12.0. The predicted molar refractivity (Wildman–Crippen MR) is 118 cm³/mol. The summed E-state index contributed by atoms with van der Waals surface area (Å²) in [5, 5.41) is 0. The highest BCUT2D eigenvalue weighted by molar-refractivity contribution is 7.93. The van der Waals surface area contributed by atoms with Crippen LogP contribution >= 0.6 is 11.3 Å². The summed E-state index contributed by atoms with van der Waals surface area (Å²) in [6.07, 6.45) is 7.70. The number of thiazole rings is 1. The third-order valence-electron chi connectivity index (χ3n) is 4.55. The zero-order valence-corrected chi connectivity index (χ0v) is 19.0. The van der Waals surface area contributed by atoms with Gasteiger partial charge in [-0.3, -0.25) is 0 Å². The molecule has 0 aliphatic carbocycles. The molecule has 1 aromatic carbocycles. The smallest absolute Gasteiger partial charge is 0.355 e. The standard InChI is InChI=1S/C21H22N2O6S2/c1-4-5-12-31(26,27)21-22-16-10-9-14(13-17(16)30-21)23-11-7-6-8-15(19(24)28-2)18(23)20(25)29-3/h6-11,13H,4-5,12H2,1-3H3. The monoisotopic (exact) mass is 462 g/mol. The number of rotatable bonds is 7. The Hall–Kier alpha value is -2.98. The summed E-state index contributed by atoms with van der Waals surface area (Å²) in [5.74, 6) is -1.36. The normalized spacial score (nSPS) is 14.1. The minimum absolute atomic E-state index is 0.0148. The van der Waals surface area contributed by atoms with E-state index in [-0.39, 0.29) is 21.4 Å². The molecule has 0 bridgehead atoms. The summed E-state index contributed by atoms with van der Waals surface area (Å²) < 4.78 is 35.5. The van der Waals surface area contributed by atoms with Crippen molar-refractivity contribution in [1.82, 2.24) is 4.98 Å². The molecule has 1 aliphatic heterocycles. The lowest BCUT2D eigenvalue weighted by Crippen LogP contribution is -2.26. The fraction of sp³-hybridized carbons (Fsp3) is 0.286. The first-order chi connectivity index (χ1) is 14.8. The first-order valence-electron chi connectivity index (χ1n) is 9.50. The van der Waals surface area contributed by atoms with Gasteiger partial charge in [-0.05, 0) is 36.8 Å². The van der Waals surface area contributed by atoms with Crippen molar-refractivity contribution in [1.29, 1.82) is 0 Å². The summed E-state index contributed by atoms with van der Waals surface area (Å²) in [6.45, 7) is 1.93. The second-order valence-electron chi connectivity index (χ2n) is 6.62. The number of methoxy groups -OCH3 is 2. The van der Waals surface area contributed by atoms with E-state index in [1.807, 2.05) is 6.92 Å². The van der Waals surface area contributed by atoms with Gasteiger partial charge in [-0.15, -0.1) is 11.3 Å². The highest BCUT2D eigenvalue weighted by Gasteiger charge is 2.28. The van der Waals surface area contributed by atoms with E-state index < -0.39 is 21.8 Å². The van der Waals surface area contributed by atoms with Gasteiger partial charge in [0.1, 0.15) is 5.70 Å². The Morgan fingerprint density at radius 3 is 2.55 bits per heavy atom. The van der Waals surface area contributed by atoms with Crippen LogP contribution in [-0.4, -0.2) is 45.3 Å². The number of esters is 2. The maximum absolute atomic E-state index is 12.5. The summed E-state index contributed by atoms with van der Waals surface area (Å²) in [5.41, 5.74) is 1.10. The van der Waals surface area contributed by atoms with Crippen molar-refractivity contribution < 1.29 is 27.5 Å². The average Bonchev–Trinajstić information content (AvgIpc) is 3.09. The fourth-order valence-corrected chi connectivity index (χ4v) is 5.80. The molecule has 1 aliphatic rings. The molecule has 0 unspecified atom stereocenters. The van der Waals surface area contributed by atoms with Gasteiger partial charge in [0.15, 0.2) is 0 Å². The van der Waals surface area contributed by atoms with Crippen molar-refractivity contribution in [2.45, 2.75) is 24.1 Å². The molecule has 0 saturated heterocycles. The lowest BCUT2D eigenvalue weighted by molar-refractivity contribution is -0.139. The maximum atomic E-state index is 12.5. The van der Waals surface area contributed by atoms with Crippen LogP contribution in [0, 0.1) is 0 Å². The van der Waals surface area contributed by atoms with Crippen molar-refractivity contribution in [2.75, 3.05) is 24.9 Å². The van der Waals surface area contributed by atoms with Gasteiger partial charge in [0.05, 0.1) is 35.8 Å². The Morgan fingerprint density at radius 2 is 1.87 bits per heavy atom. The Labute approximate surface area is 184 Å². The number of carbonyl (C=O) groups is 2. The summed E-state index contributed by atoms with van der Waals surface area (Å²) in [6, 6.07) is 5.09. The van der Waals surface area contributed by atoms with E-state index >= 15 is 0 Å². The molecular weight excluding hydrogens is 440 g/mol. The molecule has 0 atom stereocenters. The van der Waals surface area contributed by atoms with Crippen LogP contribution in [-0.2, 0) is 28.9 Å². The van der Waals surface area contributed by atoms with Crippen molar-refractivity contribution in [3.63, 3.8) is 0 Å². The predicted octanol–water partition coefficient (Wildman–Crippen LogP) is 3.36. The van der Waals surface area contributed by atoms with Gasteiger partial charge < -0.3 is 14.4 Å². The number of unbranched alkanes of at least 4 members (excludes halogenated alkanes) is 1. The molecule has 0 spiro atoms. The fourth-order valence-electron chi connectivity index (χ4n) is 2.96. The average molecular weight is 463 g/mol. The van der Waals surface area contributed by atoms with Crippen LogP contribution in [0.25, 0.3) is 10.2 Å². The zero-order chi connectivity index (χ0) is 22.6. The van der Waals surface area contributed by atoms with E-state index in [0.29, 0.717) is 22.3 Å². The maximum Gasteiger partial charge on any atom is 0.355 e. The molecule has 0 N–H and O–H groups in total. The molecule has 0 radical (unpaired) electrons. The second-order valence-corrected chi connectivity index (χ2v) is 9.93.